The van der Waals surface area contributed by atoms with Crippen molar-refractivity contribution in [2.75, 3.05) is 19.8 Å². The first-order valence-corrected chi connectivity index (χ1v) is 3.81. The average molecular weight is 145 g/mol. The van der Waals surface area contributed by atoms with E-state index in [0.717, 1.165) is 19.6 Å². The van der Waals surface area contributed by atoms with Gasteiger partial charge >= 0.3 is 0 Å². The summed E-state index contributed by atoms with van der Waals surface area (Å²) in [6.07, 6.45) is 0.979. The molecule has 3 nitrogen and oxygen atoms in total. The predicted molar refractivity (Wildman–Crippen MR) is 38.9 cm³/mol. The molecule has 0 bridgehead atoms. The molecule has 1 aliphatic heterocycles. The summed E-state index contributed by atoms with van der Waals surface area (Å²) in [5.41, 5.74) is 0. The Kier molecular flexibility index (Phi) is 3.12. The van der Waals surface area contributed by atoms with Crippen LogP contribution in [0.4, 0.5) is 0 Å². The first kappa shape index (κ1) is 7.98. The number of aliphatic hydroxyl groups excluding tert-OH is 1. The van der Waals surface area contributed by atoms with Crippen molar-refractivity contribution in [1.82, 2.24) is 5.32 Å². The van der Waals surface area contributed by atoms with Crippen molar-refractivity contribution >= 4 is 0 Å². The van der Waals surface area contributed by atoms with Crippen LogP contribution in [-0.4, -0.2) is 37.0 Å². The fourth-order valence-corrected chi connectivity index (χ4v) is 0.965. The molecule has 1 saturated heterocycles. The van der Waals surface area contributed by atoms with Crippen molar-refractivity contribution in [2.24, 2.45) is 0 Å². The molecule has 1 aliphatic rings. The van der Waals surface area contributed by atoms with Crippen molar-refractivity contribution in [2.45, 2.75) is 25.4 Å². The van der Waals surface area contributed by atoms with E-state index in [0.29, 0.717) is 6.04 Å². The molecule has 3 heteroatoms. The fraction of sp³-hybridized carbons (Fsp3) is 1.00. The van der Waals surface area contributed by atoms with Gasteiger partial charge in [0.15, 0.2) is 0 Å². The highest BCUT2D eigenvalue weighted by Crippen LogP contribution is 2.02. The molecule has 0 aromatic heterocycles. The Morgan fingerprint density at radius 3 is 2.70 bits per heavy atom. The lowest BCUT2D eigenvalue weighted by molar-refractivity contribution is -0.0132. The molecule has 0 spiro atoms. The third-order valence-electron chi connectivity index (χ3n) is 1.82. The second-order valence-electron chi connectivity index (χ2n) is 2.69. The minimum absolute atomic E-state index is 0.229. The zero-order valence-corrected chi connectivity index (χ0v) is 6.34. The van der Waals surface area contributed by atoms with Crippen molar-refractivity contribution in [3.8, 4) is 0 Å². The summed E-state index contributed by atoms with van der Waals surface area (Å²) in [5, 5.41) is 12.1. The Hall–Kier alpha value is -0.120. The number of ether oxygens (including phenoxy) is 1. The molecule has 0 amide bonds. The third kappa shape index (κ3) is 1.94. The van der Waals surface area contributed by atoms with Crippen LogP contribution in [0.3, 0.4) is 0 Å². The molecular weight excluding hydrogens is 130 g/mol. The van der Waals surface area contributed by atoms with E-state index >= 15 is 0 Å². The van der Waals surface area contributed by atoms with Gasteiger partial charge in [0.1, 0.15) is 0 Å². The SMILES string of the molecule is CC[C@@H](CO)NC1COC1. The first-order chi connectivity index (χ1) is 4.86. The Labute approximate surface area is 61.4 Å². The topological polar surface area (TPSA) is 41.5 Å². The first-order valence-electron chi connectivity index (χ1n) is 3.81. The van der Waals surface area contributed by atoms with E-state index in [4.69, 9.17) is 9.84 Å². The van der Waals surface area contributed by atoms with Gasteiger partial charge < -0.3 is 15.2 Å². The van der Waals surface area contributed by atoms with E-state index in [9.17, 15) is 0 Å². The summed E-state index contributed by atoms with van der Waals surface area (Å²) < 4.78 is 4.98. The van der Waals surface area contributed by atoms with E-state index in [1.54, 1.807) is 0 Å². The van der Waals surface area contributed by atoms with Gasteiger partial charge in [0.05, 0.1) is 25.9 Å². The molecule has 2 N–H and O–H groups in total. The molecule has 0 saturated carbocycles. The second-order valence-corrected chi connectivity index (χ2v) is 2.69. The summed E-state index contributed by atoms with van der Waals surface area (Å²) in [4.78, 5) is 0. The van der Waals surface area contributed by atoms with Crippen molar-refractivity contribution in [3.05, 3.63) is 0 Å². The summed E-state index contributed by atoms with van der Waals surface area (Å²) in [5.74, 6) is 0. The van der Waals surface area contributed by atoms with Gasteiger partial charge in [-0.25, -0.2) is 0 Å². The highest BCUT2D eigenvalue weighted by Gasteiger charge is 2.20. The van der Waals surface area contributed by atoms with E-state index in [-0.39, 0.29) is 12.6 Å². The van der Waals surface area contributed by atoms with Crippen LogP contribution < -0.4 is 5.32 Å². The summed E-state index contributed by atoms with van der Waals surface area (Å²) in [6.45, 7) is 3.90. The average Bonchev–Trinajstić information content (AvgIpc) is 1.87. The van der Waals surface area contributed by atoms with Crippen LogP contribution in [0.5, 0.6) is 0 Å². The summed E-state index contributed by atoms with van der Waals surface area (Å²) in [6, 6.07) is 0.742. The van der Waals surface area contributed by atoms with Gasteiger partial charge in [-0.3, -0.25) is 0 Å². The monoisotopic (exact) mass is 145 g/mol. The Balaban J connectivity index is 2.08. The van der Waals surface area contributed by atoms with Crippen LogP contribution in [0.15, 0.2) is 0 Å². The maximum Gasteiger partial charge on any atom is 0.0643 e. The van der Waals surface area contributed by atoms with E-state index < -0.39 is 0 Å². The molecular formula is C7H15NO2. The van der Waals surface area contributed by atoms with Crippen molar-refractivity contribution in [1.29, 1.82) is 0 Å². The zero-order chi connectivity index (χ0) is 7.40. The van der Waals surface area contributed by atoms with Gasteiger partial charge in [0, 0.05) is 6.04 Å². The Morgan fingerprint density at radius 2 is 2.40 bits per heavy atom. The fourth-order valence-electron chi connectivity index (χ4n) is 0.965. The van der Waals surface area contributed by atoms with Crippen molar-refractivity contribution in [3.63, 3.8) is 0 Å². The molecule has 1 heterocycles. The number of rotatable bonds is 4. The molecule has 1 rings (SSSR count). The van der Waals surface area contributed by atoms with Crippen LogP contribution >= 0.6 is 0 Å². The third-order valence-corrected chi connectivity index (χ3v) is 1.82. The Bertz CT molecular complexity index is 89.6. The molecule has 0 aromatic rings. The smallest absolute Gasteiger partial charge is 0.0643 e. The quantitative estimate of drug-likeness (QED) is 0.573. The molecule has 10 heavy (non-hydrogen) atoms. The largest absolute Gasteiger partial charge is 0.395 e. The van der Waals surface area contributed by atoms with Gasteiger partial charge in [-0.15, -0.1) is 0 Å². The minimum Gasteiger partial charge on any atom is -0.395 e. The lowest BCUT2D eigenvalue weighted by Gasteiger charge is -2.30. The minimum atomic E-state index is 0.229. The van der Waals surface area contributed by atoms with Gasteiger partial charge in [0.25, 0.3) is 0 Å². The number of hydrogen-bond acceptors (Lipinski definition) is 3. The van der Waals surface area contributed by atoms with Gasteiger partial charge in [-0.05, 0) is 6.42 Å². The molecule has 60 valence electrons. The standard InChI is InChI=1S/C7H15NO2/c1-2-6(3-9)8-7-4-10-5-7/h6-9H,2-5H2,1H3/t6-/m0/s1. The van der Waals surface area contributed by atoms with E-state index in [2.05, 4.69) is 12.2 Å². The van der Waals surface area contributed by atoms with Crippen LogP contribution in [0, 0.1) is 0 Å². The molecule has 1 atom stereocenters. The number of hydrogen-bond donors (Lipinski definition) is 2. The zero-order valence-electron chi connectivity index (χ0n) is 6.34. The maximum atomic E-state index is 8.79. The predicted octanol–water partition coefficient (Wildman–Crippen LogP) is -0.254. The lowest BCUT2D eigenvalue weighted by Crippen LogP contribution is -2.51. The van der Waals surface area contributed by atoms with E-state index in [1.807, 2.05) is 0 Å². The van der Waals surface area contributed by atoms with Gasteiger partial charge in [0.2, 0.25) is 0 Å². The van der Waals surface area contributed by atoms with Crippen LogP contribution in [0.1, 0.15) is 13.3 Å². The van der Waals surface area contributed by atoms with Crippen molar-refractivity contribution < 1.29 is 9.84 Å². The van der Waals surface area contributed by atoms with Crippen LogP contribution in [-0.2, 0) is 4.74 Å². The lowest BCUT2D eigenvalue weighted by atomic mass is 10.2. The Morgan fingerprint density at radius 1 is 1.70 bits per heavy atom. The normalized spacial score (nSPS) is 22.2. The number of aliphatic hydroxyl groups is 1. The highest BCUT2D eigenvalue weighted by atomic mass is 16.5. The van der Waals surface area contributed by atoms with E-state index in [1.165, 1.54) is 0 Å². The molecule has 0 aromatic carbocycles. The number of nitrogens with one attached hydrogen (secondary N) is 1. The molecule has 0 radical (unpaired) electrons. The van der Waals surface area contributed by atoms with Crippen LogP contribution in [0.2, 0.25) is 0 Å². The second kappa shape index (κ2) is 3.91. The summed E-state index contributed by atoms with van der Waals surface area (Å²) in [7, 11) is 0. The van der Waals surface area contributed by atoms with Gasteiger partial charge in [-0.1, -0.05) is 6.92 Å². The molecule has 0 aliphatic carbocycles. The summed E-state index contributed by atoms with van der Waals surface area (Å²) >= 11 is 0. The molecule has 0 unspecified atom stereocenters. The van der Waals surface area contributed by atoms with Gasteiger partial charge in [-0.2, -0.15) is 0 Å². The molecule has 1 fully saturated rings. The van der Waals surface area contributed by atoms with Crippen LogP contribution in [0.25, 0.3) is 0 Å². The highest BCUT2D eigenvalue weighted by molar-refractivity contribution is 4.77. The maximum absolute atomic E-state index is 8.79.